The summed E-state index contributed by atoms with van der Waals surface area (Å²) < 4.78 is 8.30. The third-order valence-corrected chi connectivity index (χ3v) is 2.99. The Hall–Kier alpha value is -2.40. The molecule has 0 heterocycles. The topological polar surface area (TPSA) is 36.1 Å². The maximum Gasteiger partial charge on any atom is 0.139 e. The number of benzene rings is 2. The molecule has 2 nitrogen and oxygen atoms in total. The van der Waals surface area contributed by atoms with Gasteiger partial charge in [-0.3, -0.25) is 4.99 Å². The first-order valence-electron chi connectivity index (χ1n) is 7.19. The Morgan fingerprint density at radius 1 is 1.00 bits per heavy atom. The SMILES string of the molecule is [2H]C(C#N)(N=C(c1ccccc1)c1ccccc1)[13CH]([13CH3])[13CH3]. The van der Waals surface area contributed by atoms with E-state index in [1.807, 2.05) is 80.6 Å². The third kappa shape index (κ3) is 3.33. The molecule has 2 heteroatoms. The number of nitriles is 1. The standard InChI is InChI=1S/C18H18N2/c1-14(2)17(13-19)20-18(15-9-5-3-6-10-15)16-11-7-4-8-12-16/h3-12,14,17H,1-2H3/i1+1,2+1,14+1,17D. The highest BCUT2D eigenvalue weighted by molar-refractivity contribution is 6.13. The molecule has 0 amide bonds. The quantitative estimate of drug-likeness (QED) is 0.607. The molecule has 0 bridgehead atoms. The van der Waals surface area contributed by atoms with E-state index in [2.05, 4.69) is 4.99 Å². The molecule has 0 saturated heterocycles. The molecule has 0 aliphatic heterocycles. The highest BCUT2D eigenvalue weighted by atomic mass is 14.9. The Balaban J connectivity index is 2.61. The minimum absolute atomic E-state index is 0.190. The van der Waals surface area contributed by atoms with Crippen LogP contribution in [0.2, 0.25) is 0 Å². The summed E-state index contributed by atoms with van der Waals surface area (Å²) in [4.78, 5) is 4.49. The van der Waals surface area contributed by atoms with Crippen LogP contribution in [0.4, 0.5) is 0 Å². The smallest absolute Gasteiger partial charge is 0.139 e. The van der Waals surface area contributed by atoms with Gasteiger partial charge in [-0.15, -0.1) is 0 Å². The second-order valence-electron chi connectivity index (χ2n) is 4.84. The lowest BCUT2D eigenvalue weighted by Gasteiger charge is -2.13. The number of nitrogens with zero attached hydrogens (tertiary/aromatic N) is 2. The molecule has 2 aromatic rings. The van der Waals surface area contributed by atoms with Crippen LogP contribution in [0.3, 0.4) is 0 Å². The summed E-state index contributed by atoms with van der Waals surface area (Å²) in [7, 11) is 0. The van der Waals surface area contributed by atoms with Crippen LogP contribution in [-0.2, 0) is 0 Å². The van der Waals surface area contributed by atoms with E-state index >= 15 is 0 Å². The zero-order chi connectivity index (χ0) is 15.3. The van der Waals surface area contributed by atoms with Crippen molar-refractivity contribution in [1.29, 1.82) is 5.26 Å². The molecule has 0 radical (unpaired) electrons. The second kappa shape index (κ2) is 6.68. The average Bonchev–Trinajstić information content (AvgIpc) is 2.54. The largest absolute Gasteiger partial charge is 0.265 e. The van der Waals surface area contributed by atoms with E-state index in [0.29, 0.717) is 5.71 Å². The zero-order valence-electron chi connectivity index (χ0n) is 12.7. The van der Waals surface area contributed by atoms with Gasteiger partial charge >= 0.3 is 0 Å². The van der Waals surface area contributed by atoms with Gasteiger partial charge < -0.3 is 0 Å². The monoisotopic (exact) mass is 266 g/mol. The number of rotatable bonds is 4. The minimum atomic E-state index is -1.49. The van der Waals surface area contributed by atoms with E-state index in [1.165, 1.54) is 0 Å². The summed E-state index contributed by atoms with van der Waals surface area (Å²) in [6, 6.07) is 19.9. The fourth-order valence-corrected chi connectivity index (χ4v) is 1.89. The van der Waals surface area contributed by atoms with Crippen LogP contribution in [0, 0.1) is 17.2 Å². The van der Waals surface area contributed by atoms with Gasteiger partial charge in [0.1, 0.15) is 6.02 Å². The highest BCUT2D eigenvalue weighted by Crippen LogP contribution is 2.14. The van der Waals surface area contributed by atoms with Crippen LogP contribution in [0.5, 0.6) is 0 Å². The van der Waals surface area contributed by atoms with Crippen LogP contribution in [0.1, 0.15) is 26.3 Å². The Kier molecular flexibility index (Phi) is 4.21. The zero-order valence-corrected chi connectivity index (χ0v) is 11.7. The fourth-order valence-electron chi connectivity index (χ4n) is 1.89. The van der Waals surface area contributed by atoms with Gasteiger partial charge in [-0.1, -0.05) is 74.5 Å². The van der Waals surface area contributed by atoms with Crippen molar-refractivity contribution in [2.24, 2.45) is 10.9 Å². The number of hydrogen-bond donors (Lipinski definition) is 0. The maximum absolute atomic E-state index is 9.35. The highest BCUT2D eigenvalue weighted by Gasteiger charge is 2.14. The van der Waals surface area contributed by atoms with Gasteiger partial charge in [-0.05, 0) is 5.92 Å². The molecular formula is C18H18N2. The summed E-state index contributed by atoms with van der Waals surface area (Å²) in [5, 5.41) is 9.35. The molecule has 0 spiro atoms. The van der Waals surface area contributed by atoms with E-state index < -0.39 is 6.02 Å². The average molecular weight is 266 g/mol. The summed E-state index contributed by atoms with van der Waals surface area (Å²) in [6.45, 7) is 3.68. The first kappa shape index (κ1) is 12.6. The van der Waals surface area contributed by atoms with Gasteiger partial charge in [0.05, 0.1) is 13.2 Å². The lowest BCUT2D eigenvalue weighted by Crippen LogP contribution is -2.15. The lowest BCUT2D eigenvalue weighted by molar-refractivity contribution is 0.582. The van der Waals surface area contributed by atoms with Gasteiger partial charge in [0.25, 0.3) is 0 Å². The molecule has 0 saturated carbocycles. The molecule has 20 heavy (non-hydrogen) atoms. The summed E-state index contributed by atoms with van der Waals surface area (Å²) in [6.07, 6.45) is 0. The molecule has 1 unspecified atom stereocenters. The molecular weight excluding hydrogens is 247 g/mol. The summed E-state index contributed by atoms with van der Waals surface area (Å²) >= 11 is 0. The van der Waals surface area contributed by atoms with Gasteiger partial charge in [-0.2, -0.15) is 5.26 Å². The minimum Gasteiger partial charge on any atom is -0.265 e. The van der Waals surface area contributed by atoms with Gasteiger partial charge in [-0.25, -0.2) is 0 Å². The summed E-state index contributed by atoms with van der Waals surface area (Å²) in [5.74, 6) is -0.190. The molecule has 2 aromatic carbocycles. The Labute approximate surface area is 121 Å². The second-order valence-corrected chi connectivity index (χ2v) is 4.84. The van der Waals surface area contributed by atoms with E-state index in [0.717, 1.165) is 11.1 Å². The Morgan fingerprint density at radius 2 is 1.45 bits per heavy atom. The molecule has 0 aliphatic rings. The van der Waals surface area contributed by atoms with Crippen LogP contribution in [0.15, 0.2) is 65.7 Å². The Morgan fingerprint density at radius 3 is 1.80 bits per heavy atom. The maximum atomic E-state index is 9.35. The van der Waals surface area contributed by atoms with E-state index in [4.69, 9.17) is 1.37 Å². The molecule has 1 atom stereocenters. The van der Waals surface area contributed by atoms with E-state index in [1.54, 1.807) is 0 Å². The predicted molar refractivity (Wildman–Crippen MR) is 82.8 cm³/mol. The first-order valence-corrected chi connectivity index (χ1v) is 6.69. The van der Waals surface area contributed by atoms with Crippen molar-refractivity contribution in [3.05, 3.63) is 71.8 Å². The van der Waals surface area contributed by atoms with Crippen molar-refractivity contribution in [3.63, 3.8) is 0 Å². The van der Waals surface area contributed by atoms with Crippen LogP contribution >= 0.6 is 0 Å². The van der Waals surface area contributed by atoms with Crippen molar-refractivity contribution < 1.29 is 1.37 Å². The summed E-state index contributed by atoms with van der Waals surface area (Å²) in [5.41, 5.74) is 2.51. The molecule has 0 N–H and O–H groups in total. The lowest BCUT2D eigenvalue weighted by atomic mass is 10.0. The van der Waals surface area contributed by atoms with Crippen LogP contribution in [0.25, 0.3) is 0 Å². The Bertz CT molecular complexity index is 615. The van der Waals surface area contributed by atoms with E-state index in [-0.39, 0.29) is 5.92 Å². The van der Waals surface area contributed by atoms with Gasteiger partial charge in [0.2, 0.25) is 0 Å². The molecule has 0 fully saturated rings. The van der Waals surface area contributed by atoms with Gasteiger partial charge in [0, 0.05) is 11.1 Å². The molecule has 0 aliphatic carbocycles. The number of aliphatic imine (C=N–C) groups is 1. The van der Waals surface area contributed by atoms with Crippen LogP contribution < -0.4 is 0 Å². The van der Waals surface area contributed by atoms with Crippen molar-refractivity contribution in [2.45, 2.75) is 19.9 Å². The van der Waals surface area contributed by atoms with Crippen molar-refractivity contribution in [3.8, 4) is 6.07 Å². The van der Waals surface area contributed by atoms with Crippen LogP contribution in [-0.4, -0.2) is 11.7 Å². The fraction of sp³-hybridized carbons (Fsp3) is 0.222. The van der Waals surface area contributed by atoms with Crippen molar-refractivity contribution in [2.75, 3.05) is 0 Å². The third-order valence-electron chi connectivity index (χ3n) is 2.99. The van der Waals surface area contributed by atoms with Gasteiger partial charge in [0.15, 0.2) is 0 Å². The van der Waals surface area contributed by atoms with Crippen molar-refractivity contribution >= 4 is 5.71 Å². The molecule has 100 valence electrons. The molecule has 0 aromatic heterocycles. The first-order chi connectivity index (χ1) is 10.1. The van der Waals surface area contributed by atoms with Crippen molar-refractivity contribution in [1.82, 2.24) is 0 Å². The predicted octanol–water partition coefficient (Wildman–Crippen LogP) is 4.07. The van der Waals surface area contributed by atoms with E-state index in [9.17, 15) is 5.26 Å². The normalized spacial score (nSPS) is 14.0. The molecule has 2 rings (SSSR count). The number of hydrogen-bond acceptors (Lipinski definition) is 2.